The minimum atomic E-state index is 0.543. The molecule has 1 aromatic heterocycles. The summed E-state index contributed by atoms with van der Waals surface area (Å²) >= 11 is 0. The van der Waals surface area contributed by atoms with Gasteiger partial charge in [0.25, 0.3) is 0 Å². The van der Waals surface area contributed by atoms with Crippen LogP contribution < -0.4 is 10.2 Å². The number of rotatable bonds is 9. The molecule has 1 heterocycles. The van der Waals surface area contributed by atoms with Crippen LogP contribution in [0, 0.1) is 12.8 Å². The third kappa shape index (κ3) is 4.68. The van der Waals surface area contributed by atoms with E-state index < -0.39 is 0 Å². The average molecular weight is 291 g/mol. The first-order valence-electron chi connectivity index (χ1n) is 8.09. The number of hydrogen-bond donors (Lipinski definition) is 1. The maximum absolute atomic E-state index is 5.29. The quantitative estimate of drug-likeness (QED) is 0.759. The molecule has 0 bridgehead atoms. The van der Waals surface area contributed by atoms with Gasteiger partial charge in [-0.15, -0.1) is 0 Å². The fourth-order valence-electron chi connectivity index (χ4n) is 2.79. The van der Waals surface area contributed by atoms with Crippen LogP contribution in [0.25, 0.3) is 0 Å². The third-order valence-corrected chi connectivity index (χ3v) is 4.21. The molecule has 4 nitrogen and oxygen atoms in total. The maximum atomic E-state index is 5.29. The summed E-state index contributed by atoms with van der Waals surface area (Å²) in [5, 5.41) is 3.39. The SMILES string of the molecule is CCNCc1cc(C)nc(N(CCOC)C(C)C2CC2)c1. The second-order valence-corrected chi connectivity index (χ2v) is 6.02. The summed E-state index contributed by atoms with van der Waals surface area (Å²) in [6, 6.07) is 4.94. The first kappa shape index (κ1) is 16.2. The Labute approximate surface area is 128 Å². The molecule has 1 aliphatic rings. The molecule has 1 atom stereocenters. The van der Waals surface area contributed by atoms with Crippen molar-refractivity contribution in [1.29, 1.82) is 0 Å². The van der Waals surface area contributed by atoms with Crippen LogP contribution in [0.5, 0.6) is 0 Å². The highest BCUT2D eigenvalue weighted by atomic mass is 16.5. The van der Waals surface area contributed by atoms with Gasteiger partial charge in [-0.25, -0.2) is 4.98 Å². The van der Waals surface area contributed by atoms with E-state index in [-0.39, 0.29) is 0 Å². The summed E-state index contributed by atoms with van der Waals surface area (Å²) in [4.78, 5) is 7.19. The van der Waals surface area contributed by atoms with E-state index in [1.54, 1.807) is 7.11 Å². The van der Waals surface area contributed by atoms with Crippen molar-refractivity contribution in [2.45, 2.75) is 46.2 Å². The van der Waals surface area contributed by atoms with Gasteiger partial charge in [0.05, 0.1) is 6.61 Å². The highest BCUT2D eigenvalue weighted by molar-refractivity contribution is 5.44. The smallest absolute Gasteiger partial charge is 0.129 e. The fourth-order valence-corrected chi connectivity index (χ4v) is 2.79. The molecule has 1 aliphatic carbocycles. The molecule has 2 rings (SSSR count). The summed E-state index contributed by atoms with van der Waals surface area (Å²) in [5.74, 6) is 1.92. The van der Waals surface area contributed by atoms with Crippen molar-refractivity contribution in [3.8, 4) is 0 Å². The van der Waals surface area contributed by atoms with E-state index in [2.05, 4.69) is 43.1 Å². The molecular formula is C17H29N3O. The van der Waals surface area contributed by atoms with Crippen LogP contribution in [0.15, 0.2) is 12.1 Å². The number of pyridine rings is 1. The lowest BCUT2D eigenvalue weighted by Gasteiger charge is -2.31. The van der Waals surface area contributed by atoms with E-state index in [1.165, 1.54) is 18.4 Å². The van der Waals surface area contributed by atoms with Gasteiger partial charge in [-0.1, -0.05) is 6.92 Å². The summed E-state index contributed by atoms with van der Waals surface area (Å²) in [5.41, 5.74) is 2.40. The molecule has 1 fully saturated rings. The van der Waals surface area contributed by atoms with Crippen LogP contribution in [0.1, 0.15) is 37.9 Å². The molecule has 0 amide bonds. The number of aromatic nitrogens is 1. The zero-order valence-corrected chi connectivity index (χ0v) is 13.9. The molecule has 0 radical (unpaired) electrons. The Morgan fingerprint density at radius 1 is 1.43 bits per heavy atom. The molecule has 0 saturated heterocycles. The molecule has 0 aliphatic heterocycles. The number of nitrogens with zero attached hydrogens (tertiary/aromatic N) is 2. The molecule has 0 spiro atoms. The minimum Gasteiger partial charge on any atom is -0.383 e. The van der Waals surface area contributed by atoms with Gasteiger partial charge in [-0.2, -0.15) is 0 Å². The van der Waals surface area contributed by atoms with Gasteiger partial charge in [0.2, 0.25) is 0 Å². The van der Waals surface area contributed by atoms with E-state index in [0.717, 1.165) is 43.7 Å². The number of aryl methyl sites for hydroxylation is 1. The molecule has 0 aromatic carbocycles. The Bertz CT molecular complexity index is 446. The van der Waals surface area contributed by atoms with Gasteiger partial charge in [0.1, 0.15) is 5.82 Å². The number of hydrogen-bond acceptors (Lipinski definition) is 4. The summed E-state index contributed by atoms with van der Waals surface area (Å²) < 4.78 is 5.29. The van der Waals surface area contributed by atoms with Gasteiger partial charge in [-0.05, 0) is 56.8 Å². The standard InChI is InChI=1S/C17H29N3O/c1-5-18-12-15-10-13(2)19-17(11-15)20(8-9-21-4)14(3)16-6-7-16/h10-11,14,16,18H,5-9,12H2,1-4H3. The van der Waals surface area contributed by atoms with E-state index in [9.17, 15) is 0 Å². The van der Waals surface area contributed by atoms with Crippen LogP contribution in [0.3, 0.4) is 0 Å². The number of anilines is 1. The van der Waals surface area contributed by atoms with Crippen LogP contribution >= 0.6 is 0 Å². The van der Waals surface area contributed by atoms with E-state index in [0.29, 0.717) is 6.04 Å². The van der Waals surface area contributed by atoms with Crippen LogP contribution in [0.4, 0.5) is 5.82 Å². The number of ether oxygens (including phenoxy) is 1. The summed E-state index contributed by atoms with van der Waals surface area (Å²) in [6.45, 7) is 10.1. The largest absolute Gasteiger partial charge is 0.383 e. The molecule has 1 aromatic rings. The topological polar surface area (TPSA) is 37.4 Å². The maximum Gasteiger partial charge on any atom is 0.129 e. The van der Waals surface area contributed by atoms with Crippen molar-refractivity contribution in [1.82, 2.24) is 10.3 Å². The highest BCUT2D eigenvalue weighted by Crippen LogP contribution is 2.36. The number of nitrogens with one attached hydrogen (secondary N) is 1. The fraction of sp³-hybridized carbons (Fsp3) is 0.706. The van der Waals surface area contributed by atoms with Gasteiger partial charge < -0.3 is 15.0 Å². The zero-order chi connectivity index (χ0) is 15.2. The van der Waals surface area contributed by atoms with Crippen molar-refractivity contribution >= 4 is 5.82 Å². The molecule has 1 saturated carbocycles. The monoisotopic (exact) mass is 291 g/mol. The van der Waals surface area contributed by atoms with Gasteiger partial charge >= 0.3 is 0 Å². The minimum absolute atomic E-state index is 0.543. The van der Waals surface area contributed by atoms with Crippen LogP contribution in [-0.2, 0) is 11.3 Å². The Hall–Kier alpha value is -1.13. The van der Waals surface area contributed by atoms with E-state index >= 15 is 0 Å². The Balaban J connectivity index is 2.18. The van der Waals surface area contributed by atoms with Crippen molar-refractivity contribution < 1.29 is 4.74 Å². The Morgan fingerprint density at radius 3 is 2.81 bits per heavy atom. The first-order valence-corrected chi connectivity index (χ1v) is 8.09. The van der Waals surface area contributed by atoms with Gasteiger partial charge in [0.15, 0.2) is 0 Å². The second-order valence-electron chi connectivity index (χ2n) is 6.02. The summed E-state index contributed by atoms with van der Waals surface area (Å²) in [7, 11) is 1.76. The van der Waals surface area contributed by atoms with Gasteiger partial charge in [-0.3, -0.25) is 0 Å². The van der Waals surface area contributed by atoms with Crippen molar-refractivity contribution in [2.24, 2.45) is 5.92 Å². The molecule has 21 heavy (non-hydrogen) atoms. The van der Waals surface area contributed by atoms with Crippen LogP contribution in [0.2, 0.25) is 0 Å². The normalized spacial score (nSPS) is 16.0. The van der Waals surface area contributed by atoms with E-state index in [1.807, 2.05) is 0 Å². The molecule has 118 valence electrons. The van der Waals surface area contributed by atoms with Gasteiger partial charge in [0, 0.05) is 31.9 Å². The zero-order valence-electron chi connectivity index (χ0n) is 13.9. The summed E-state index contributed by atoms with van der Waals surface area (Å²) in [6.07, 6.45) is 2.70. The molecular weight excluding hydrogens is 262 g/mol. The Morgan fingerprint density at radius 2 is 2.19 bits per heavy atom. The first-order chi connectivity index (χ1) is 10.2. The van der Waals surface area contributed by atoms with Crippen molar-refractivity contribution in [3.63, 3.8) is 0 Å². The van der Waals surface area contributed by atoms with Crippen LogP contribution in [-0.4, -0.2) is 37.8 Å². The lowest BCUT2D eigenvalue weighted by Crippen LogP contribution is -2.38. The third-order valence-electron chi connectivity index (χ3n) is 4.21. The van der Waals surface area contributed by atoms with E-state index in [4.69, 9.17) is 9.72 Å². The molecule has 1 N–H and O–H groups in total. The van der Waals surface area contributed by atoms with Crippen molar-refractivity contribution in [3.05, 3.63) is 23.4 Å². The Kier molecular flexibility index (Phi) is 6.00. The van der Waals surface area contributed by atoms with Crippen molar-refractivity contribution in [2.75, 3.05) is 31.7 Å². The molecule has 4 heteroatoms. The number of methoxy groups -OCH3 is 1. The average Bonchev–Trinajstić information content (AvgIpc) is 3.29. The highest BCUT2D eigenvalue weighted by Gasteiger charge is 2.32. The predicted molar refractivity (Wildman–Crippen MR) is 87.8 cm³/mol. The lowest BCUT2D eigenvalue weighted by molar-refractivity contribution is 0.202. The predicted octanol–water partition coefficient (Wildman–Crippen LogP) is 2.75. The second kappa shape index (κ2) is 7.76. The lowest BCUT2D eigenvalue weighted by atomic mass is 10.1. The molecule has 1 unspecified atom stereocenters.